The van der Waals surface area contributed by atoms with Crippen molar-refractivity contribution in [1.29, 1.82) is 0 Å². The fraction of sp³-hybridized carbons (Fsp3) is 0.833. The highest BCUT2D eigenvalue weighted by molar-refractivity contribution is 4.78. The second-order valence-corrected chi connectivity index (χ2v) is 1.99. The summed E-state index contributed by atoms with van der Waals surface area (Å²) in [6.45, 7) is 8.51. The van der Waals surface area contributed by atoms with Gasteiger partial charge in [-0.2, -0.15) is 0 Å². The van der Waals surface area contributed by atoms with Crippen LogP contribution < -0.4 is 5.32 Å². The molecule has 0 bridgehead atoms. The van der Waals surface area contributed by atoms with Gasteiger partial charge < -0.3 is 5.32 Å². The predicted molar refractivity (Wildman–Crippen MR) is 33.1 cm³/mol. The SMILES string of the molecule is CCNC[C](C)C. The van der Waals surface area contributed by atoms with E-state index >= 15 is 0 Å². The van der Waals surface area contributed by atoms with Crippen molar-refractivity contribution in [2.24, 2.45) is 0 Å². The lowest BCUT2D eigenvalue weighted by atomic mass is 10.2. The Morgan fingerprint density at radius 3 is 2.14 bits per heavy atom. The molecule has 0 spiro atoms. The molecule has 43 valence electrons. The van der Waals surface area contributed by atoms with Crippen LogP contribution in [0.5, 0.6) is 0 Å². The summed E-state index contributed by atoms with van der Waals surface area (Å²) < 4.78 is 0. The van der Waals surface area contributed by atoms with Crippen LogP contribution in [0, 0.1) is 5.92 Å². The van der Waals surface area contributed by atoms with Crippen LogP contribution in [-0.4, -0.2) is 13.1 Å². The minimum atomic E-state index is 1.07. The van der Waals surface area contributed by atoms with Crippen LogP contribution in [0.1, 0.15) is 20.8 Å². The second kappa shape index (κ2) is 4.13. The van der Waals surface area contributed by atoms with E-state index < -0.39 is 0 Å². The molecule has 0 fully saturated rings. The number of nitrogens with one attached hydrogen (secondary N) is 1. The van der Waals surface area contributed by atoms with Gasteiger partial charge in [0, 0.05) is 6.54 Å². The minimum Gasteiger partial charge on any atom is -0.316 e. The van der Waals surface area contributed by atoms with E-state index in [2.05, 4.69) is 26.1 Å². The first-order chi connectivity index (χ1) is 3.27. The lowest BCUT2D eigenvalue weighted by Crippen LogP contribution is -2.17. The van der Waals surface area contributed by atoms with Crippen LogP contribution in [0.25, 0.3) is 0 Å². The highest BCUT2D eigenvalue weighted by Gasteiger charge is 1.87. The molecule has 0 saturated carbocycles. The molecule has 0 atom stereocenters. The molecule has 7 heavy (non-hydrogen) atoms. The van der Waals surface area contributed by atoms with Gasteiger partial charge in [-0.05, 0) is 12.5 Å². The smallest absolute Gasteiger partial charge is 0.000799 e. The van der Waals surface area contributed by atoms with E-state index in [0.717, 1.165) is 13.1 Å². The maximum Gasteiger partial charge on any atom is 0.000799 e. The summed E-state index contributed by atoms with van der Waals surface area (Å²) in [5.74, 6) is 1.45. The molecule has 1 radical (unpaired) electrons. The molecule has 0 aliphatic carbocycles. The first kappa shape index (κ1) is 6.96. The molecule has 0 unspecified atom stereocenters. The summed E-state index contributed by atoms with van der Waals surface area (Å²) in [5, 5.41) is 3.21. The van der Waals surface area contributed by atoms with Gasteiger partial charge in [0.25, 0.3) is 0 Å². The summed E-state index contributed by atoms with van der Waals surface area (Å²) in [4.78, 5) is 0. The van der Waals surface area contributed by atoms with Crippen molar-refractivity contribution >= 4 is 0 Å². The highest BCUT2D eigenvalue weighted by atomic mass is 14.8. The molecule has 1 nitrogen and oxygen atoms in total. The largest absolute Gasteiger partial charge is 0.316 e. The van der Waals surface area contributed by atoms with Crippen LogP contribution >= 0.6 is 0 Å². The molecule has 0 aromatic carbocycles. The summed E-state index contributed by atoms with van der Waals surface area (Å²) in [5.41, 5.74) is 0. The summed E-state index contributed by atoms with van der Waals surface area (Å²) in [6, 6.07) is 0. The Balaban J connectivity index is 2.68. The predicted octanol–water partition coefficient (Wildman–Crippen LogP) is 1.21. The maximum atomic E-state index is 3.21. The molecule has 0 aromatic heterocycles. The monoisotopic (exact) mass is 100 g/mol. The Hall–Kier alpha value is -0.0400. The van der Waals surface area contributed by atoms with Gasteiger partial charge in [-0.1, -0.05) is 20.8 Å². The average Bonchev–Trinajstić information content (AvgIpc) is 1.61. The molecule has 1 N–H and O–H groups in total. The van der Waals surface area contributed by atoms with E-state index in [1.807, 2.05) is 0 Å². The fourth-order valence-electron chi connectivity index (χ4n) is 0.375. The zero-order valence-corrected chi connectivity index (χ0v) is 5.41. The molecule has 0 aliphatic rings. The fourth-order valence-corrected chi connectivity index (χ4v) is 0.375. The Labute approximate surface area is 46.1 Å². The van der Waals surface area contributed by atoms with Crippen LogP contribution in [-0.2, 0) is 0 Å². The molecule has 0 aromatic rings. The Morgan fingerprint density at radius 1 is 1.43 bits per heavy atom. The number of rotatable bonds is 3. The van der Waals surface area contributed by atoms with Crippen LogP contribution in [0.4, 0.5) is 0 Å². The first-order valence-electron chi connectivity index (χ1n) is 2.77. The van der Waals surface area contributed by atoms with Crippen molar-refractivity contribution in [2.75, 3.05) is 13.1 Å². The van der Waals surface area contributed by atoms with Crippen LogP contribution in [0.3, 0.4) is 0 Å². The van der Waals surface area contributed by atoms with Gasteiger partial charge in [-0.15, -0.1) is 0 Å². The Kier molecular flexibility index (Phi) is 4.10. The van der Waals surface area contributed by atoms with E-state index in [1.165, 1.54) is 5.92 Å². The van der Waals surface area contributed by atoms with E-state index in [-0.39, 0.29) is 0 Å². The Morgan fingerprint density at radius 2 is 2.00 bits per heavy atom. The van der Waals surface area contributed by atoms with Gasteiger partial charge in [0.15, 0.2) is 0 Å². The molecule has 0 heterocycles. The quantitative estimate of drug-likeness (QED) is 0.562. The Bertz CT molecular complexity index is 33.2. The minimum absolute atomic E-state index is 1.07. The number of hydrogen-bond donors (Lipinski definition) is 1. The van der Waals surface area contributed by atoms with Crippen molar-refractivity contribution in [3.63, 3.8) is 0 Å². The van der Waals surface area contributed by atoms with Crippen LogP contribution in [0.2, 0.25) is 0 Å². The maximum absolute atomic E-state index is 3.21. The molecule has 0 saturated heterocycles. The summed E-state index contributed by atoms with van der Waals surface area (Å²) in [6.07, 6.45) is 0. The van der Waals surface area contributed by atoms with E-state index in [1.54, 1.807) is 0 Å². The zero-order chi connectivity index (χ0) is 5.70. The molecular formula is C6H14N. The van der Waals surface area contributed by atoms with Gasteiger partial charge >= 0.3 is 0 Å². The van der Waals surface area contributed by atoms with Gasteiger partial charge in [-0.3, -0.25) is 0 Å². The third-order valence-corrected chi connectivity index (χ3v) is 0.729. The summed E-state index contributed by atoms with van der Waals surface area (Å²) in [7, 11) is 0. The van der Waals surface area contributed by atoms with Crippen LogP contribution in [0.15, 0.2) is 0 Å². The lowest BCUT2D eigenvalue weighted by Gasteiger charge is -2.01. The standard InChI is InChI=1S/C6H14N/c1-4-7-5-6(2)3/h7H,4-5H2,1-3H3. The summed E-state index contributed by atoms with van der Waals surface area (Å²) >= 11 is 0. The first-order valence-corrected chi connectivity index (χ1v) is 2.77. The molecule has 0 rings (SSSR count). The van der Waals surface area contributed by atoms with Crippen molar-refractivity contribution in [3.8, 4) is 0 Å². The van der Waals surface area contributed by atoms with E-state index in [4.69, 9.17) is 0 Å². The van der Waals surface area contributed by atoms with Gasteiger partial charge in [0.05, 0.1) is 0 Å². The number of hydrogen-bond acceptors (Lipinski definition) is 1. The van der Waals surface area contributed by atoms with E-state index in [0.29, 0.717) is 0 Å². The normalized spacial score (nSPS) is 10.3. The third kappa shape index (κ3) is 5.96. The zero-order valence-electron chi connectivity index (χ0n) is 5.41. The van der Waals surface area contributed by atoms with Crippen molar-refractivity contribution < 1.29 is 0 Å². The van der Waals surface area contributed by atoms with E-state index in [9.17, 15) is 0 Å². The second-order valence-electron chi connectivity index (χ2n) is 1.99. The lowest BCUT2D eigenvalue weighted by molar-refractivity contribution is 0.727. The van der Waals surface area contributed by atoms with Gasteiger partial charge in [-0.25, -0.2) is 0 Å². The van der Waals surface area contributed by atoms with Crippen molar-refractivity contribution in [2.45, 2.75) is 20.8 Å². The average molecular weight is 100 g/mol. The van der Waals surface area contributed by atoms with Gasteiger partial charge in [0.1, 0.15) is 0 Å². The molecule has 0 amide bonds. The van der Waals surface area contributed by atoms with Crippen molar-refractivity contribution in [1.82, 2.24) is 5.32 Å². The van der Waals surface area contributed by atoms with Gasteiger partial charge in [0.2, 0.25) is 0 Å². The molecule has 0 aliphatic heterocycles. The topological polar surface area (TPSA) is 12.0 Å². The molecular weight excluding hydrogens is 86.1 g/mol. The van der Waals surface area contributed by atoms with Crippen molar-refractivity contribution in [3.05, 3.63) is 5.92 Å². The highest BCUT2D eigenvalue weighted by Crippen LogP contribution is 1.88. The third-order valence-electron chi connectivity index (χ3n) is 0.729. The molecule has 1 heteroatoms.